The smallest absolute Gasteiger partial charge is 0.321 e. The number of nitrogens with one attached hydrogen (secondary N) is 1. The second kappa shape index (κ2) is 16.1. The highest BCUT2D eigenvalue weighted by atomic mass is 32.2. The number of methoxy groups -OCH3 is 1. The van der Waals surface area contributed by atoms with Gasteiger partial charge in [0.25, 0.3) is 0 Å². The molecule has 0 saturated carbocycles. The van der Waals surface area contributed by atoms with E-state index in [4.69, 9.17) is 4.74 Å². The number of carbonyl (C=O) groups excluding carboxylic acids is 2. The maximum Gasteiger partial charge on any atom is 0.321 e. The molecule has 1 aliphatic rings. The first-order chi connectivity index (χ1) is 22.3. The molecule has 1 aliphatic heterocycles. The van der Waals surface area contributed by atoms with E-state index in [0.717, 1.165) is 16.3 Å². The molecule has 0 unspecified atom stereocenters. The van der Waals surface area contributed by atoms with Crippen LogP contribution in [0.25, 0.3) is 0 Å². The molecule has 11 nitrogen and oxygen atoms in total. The number of amides is 3. The summed E-state index contributed by atoms with van der Waals surface area (Å²) in [4.78, 5) is 35.4. The van der Waals surface area contributed by atoms with Crippen molar-refractivity contribution >= 4 is 33.3 Å². The Labute approximate surface area is 282 Å². The number of aromatic nitrogens is 1. The van der Waals surface area contributed by atoms with Crippen LogP contribution in [0.15, 0.2) is 64.9 Å². The summed E-state index contributed by atoms with van der Waals surface area (Å²) >= 11 is 1.53. The van der Waals surface area contributed by atoms with Gasteiger partial charge in [-0.3, -0.25) is 4.79 Å². The zero-order valence-corrected chi connectivity index (χ0v) is 29.6. The number of aliphatic hydroxyl groups is 1. The summed E-state index contributed by atoms with van der Waals surface area (Å²) in [5, 5.41) is 17.6. The van der Waals surface area contributed by atoms with Gasteiger partial charge in [-0.1, -0.05) is 58.0 Å². The maximum absolute atomic E-state index is 14.0. The first kappa shape index (κ1) is 36.3. The number of aryl methyl sites for hydroxylation is 1. The third kappa shape index (κ3) is 9.31. The number of ether oxygens (including phenoxy) is 1. The highest BCUT2D eigenvalue weighted by Crippen LogP contribution is 2.24. The largest absolute Gasteiger partial charge is 0.497 e. The summed E-state index contributed by atoms with van der Waals surface area (Å²) in [6, 6.07) is 13.7. The van der Waals surface area contributed by atoms with Crippen molar-refractivity contribution < 1.29 is 27.9 Å². The Balaban J connectivity index is 1.56. The molecule has 4 rings (SSSR count). The number of urea groups is 1. The summed E-state index contributed by atoms with van der Waals surface area (Å²) in [5.74, 6) is -0.112. The average molecular weight is 686 g/mol. The summed E-state index contributed by atoms with van der Waals surface area (Å²) in [6.45, 7) is 10.7. The monoisotopic (exact) mass is 685 g/mol. The lowest BCUT2D eigenvalue weighted by molar-refractivity contribution is -0.128. The van der Waals surface area contributed by atoms with E-state index >= 15 is 0 Å². The Morgan fingerprint density at radius 3 is 2.32 bits per heavy atom. The molecule has 13 heteroatoms. The molecule has 1 fully saturated rings. The van der Waals surface area contributed by atoms with Crippen LogP contribution in [0.1, 0.15) is 44.0 Å². The van der Waals surface area contributed by atoms with Crippen LogP contribution in [-0.4, -0.2) is 96.0 Å². The van der Waals surface area contributed by atoms with E-state index in [1.54, 1.807) is 21.9 Å². The lowest BCUT2D eigenvalue weighted by Gasteiger charge is -2.34. The van der Waals surface area contributed by atoms with Crippen molar-refractivity contribution in [1.82, 2.24) is 24.4 Å². The fourth-order valence-electron chi connectivity index (χ4n) is 5.82. The fourth-order valence-corrected chi connectivity index (χ4v) is 8.04. The maximum atomic E-state index is 14.0. The summed E-state index contributed by atoms with van der Waals surface area (Å²) in [6.07, 6.45) is -0.989. The van der Waals surface area contributed by atoms with Crippen LogP contribution in [0.3, 0.4) is 0 Å². The third-order valence-corrected chi connectivity index (χ3v) is 10.8. The van der Waals surface area contributed by atoms with Crippen molar-refractivity contribution in [3.8, 4) is 5.75 Å². The van der Waals surface area contributed by atoms with Gasteiger partial charge in [0.2, 0.25) is 15.9 Å². The molecule has 3 aromatic rings. The van der Waals surface area contributed by atoms with Gasteiger partial charge in [-0.2, -0.15) is 4.31 Å². The third-order valence-electron chi connectivity index (χ3n) is 8.13. The molecule has 0 spiro atoms. The van der Waals surface area contributed by atoms with E-state index in [1.807, 2.05) is 70.3 Å². The fraction of sp³-hybridized carbons (Fsp3) is 0.500. The van der Waals surface area contributed by atoms with E-state index in [0.29, 0.717) is 25.4 Å². The zero-order chi connectivity index (χ0) is 34.3. The lowest BCUT2D eigenvalue weighted by Crippen LogP contribution is -2.57. The van der Waals surface area contributed by atoms with Crippen LogP contribution >= 0.6 is 11.3 Å². The molecule has 1 saturated heterocycles. The number of thiazole rings is 1. The summed E-state index contributed by atoms with van der Waals surface area (Å²) in [7, 11) is -2.48. The molecule has 3 atom stereocenters. The number of hydrogen-bond acceptors (Lipinski definition) is 8. The van der Waals surface area contributed by atoms with Crippen molar-refractivity contribution in [2.24, 2.45) is 11.8 Å². The van der Waals surface area contributed by atoms with Crippen LogP contribution < -0.4 is 10.1 Å². The van der Waals surface area contributed by atoms with Gasteiger partial charge in [0.15, 0.2) is 0 Å². The SMILES string of the molecule is COc1ccc(S(=O)(=O)N(CC(C)C)C[C@@H](O)[C@H](Cc2ccccc2)NC(=O)[C@H](C(C)C)N2CCN(Cc3csc(C)n3)C2=O)cc1. The van der Waals surface area contributed by atoms with E-state index in [1.165, 1.54) is 34.9 Å². The summed E-state index contributed by atoms with van der Waals surface area (Å²) in [5.41, 5.74) is 1.68. The molecule has 256 valence electrons. The topological polar surface area (TPSA) is 132 Å². The molecule has 3 amide bonds. The van der Waals surface area contributed by atoms with Crippen LogP contribution in [0, 0.1) is 18.8 Å². The van der Waals surface area contributed by atoms with Gasteiger partial charge < -0.3 is 25.0 Å². The molecule has 2 heterocycles. The highest BCUT2D eigenvalue weighted by Gasteiger charge is 2.40. The predicted molar refractivity (Wildman–Crippen MR) is 183 cm³/mol. The molecule has 1 aromatic heterocycles. The Hall–Kier alpha value is -3.52. The zero-order valence-electron chi connectivity index (χ0n) is 28.0. The van der Waals surface area contributed by atoms with E-state index in [2.05, 4.69) is 10.3 Å². The number of nitrogens with zero attached hydrogens (tertiary/aromatic N) is 4. The normalized spacial score (nSPS) is 15.8. The molecular weight excluding hydrogens is 639 g/mol. The van der Waals surface area contributed by atoms with Crippen molar-refractivity contribution in [1.29, 1.82) is 0 Å². The van der Waals surface area contributed by atoms with Gasteiger partial charge >= 0.3 is 6.03 Å². The van der Waals surface area contributed by atoms with Gasteiger partial charge in [0.05, 0.1) is 41.4 Å². The van der Waals surface area contributed by atoms with Crippen LogP contribution in [0.2, 0.25) is 0 Å². The highest BCUT2D eigenvalue weighted by molar-refractivity contribution is 7.89. The van der Waals surface area contributed by atoms with Gasteiger partial charge in [0.1, 0.15) is 11.8 Å². The van der Waals surface area contributed by atoms with E-state index in [9.17, 15) is 23.1 Å². The lowest BCUT2D eigenvalue weighted by atomic mass is 9.97. The molecule has 2 aromatic carbocycles. The number of rotatable bonds is 16. The number of hydrogen-bond donors (Lipinski definition) is 2. The van der Waals surface area contributed by atoms with Crippen LogP contribution in [0.4, 0.5) is 4.79 Å². The molecule has 0 radical (unpaired) electrons. The van der Waals surface area contributed by atoms with Crippen molar-refractivity contribution in [3.63, 3.8) is 0 Å². The number of aliphatic hydroxyl groups excluding tert-OH is 1. The first-order valence-corrected chi connectivity index (χ1v) is 18.2. The molecule has 0 aliphatic carbocycles. The number of sulfonamides is 1. The summed E-state index contributed by atoms with van der Waals surface area (Å²) < 4.78 is 34.1. The van der Waals surface area contributed by atoms with Gasteiger partial charge in [0, 0.05) is 31.6 Å². The Morgan fingerprint density at radius 1 is 1.06 bits per heavy atom. The average Bonchev–Trinajstić information content (AvgIpc) is 3.61. The first-order valence-electron chi connectivity index (χ1n) is 15.9. The molecule has 47 heavy (non-hydrogen) atoms. The van der Waals surface area contributed by atoms with Gasteiger partial charge in [-0.05, 0) is 55.0 Å². The van der Waals surface area contributed by atoms with Crippen molar-refractivity contribution in [2.45, 2.75) is 70.7 Å². The Morgan fingerprint density at radius 2 is 1.74 bits per heavy atom. The standard InChI is InChI=1S/C34H47N5O6S2/c1-23(2)19-38(47(43,44)29-14-12-28(45-6)13-15-29)21-31(40)30(18-26-10-8-7-9-11-26)36-33(41)32(24(3)4)39-17-16-37(34(39)42)20-27-22-46-25(5)35-27/h7-15,22-24,30-32,40H,16-21H2,1-6H3,(H,36,41)/t30-,31+,32-/m0/s1. The minimum atomic E-state index is -3.99. The van der Waals surface area contributed by atoms with E-state index in [-0.39, 0.29) is 42.3 Å². The van der Waals surface area contributed by atoms with Crippen molar-refractivity contribution in [2.75, 3.05) is 33.3 Å². The molecule has 0 bridgehead atoms. The predicted octanol–water partition coefficient (Wildman–Crippen LogP) is 4.16. The Bertz CT molecular complexity index is 1580. The van der Waals surface area contributed by atoms with E-state index < -0.39 is 34.1 Å². The van der Waals surface area contributed by atoms with Gasteiger partial charge in [-0.25, -0.2) is 18.2 Å². The Kier molecular flexibility index (Phi) is 12.4. The van der Waals surface area contributed by atoms with Crippen LogP contribution in [-0.2, 0) is 27.8 Å². The minimum absolute atomic E-state index is 0.0278. The second-order valence-corrected chi connectivity index (χ2v) is 15.7. The quantitative estimate of drug-likeness (QED) is 0.232. The van der Waals surface area contributed by atoms with Crippen LogP contribution in [0.5, 0.6) is 5.75 Å². The number of carbonyl (C=O) groups is 2. The molecule has 2 N–H and O–H groups in total. The minimum Gasteiger partial charge on any atom is -0.497 e. The van der Waals surface area contributed by atoms with Crippen molar-refractivity contribution in [3.05, 3.63) is 76.2 Å². The molecular formula is C34H47N5O6S2. The number of benzene rings is 2. The van der Waals surface area contributed by atoms with Gasteiger partial charge in [-0.15, -0.1) is 11.3 Å². The second-order valence-electron chi connectivity index (χ2n) is 12.7.